The van der Waals surface area contributed by atoms with Crippen LogP contribution in [-0.2, 0) is 12.8 Å². The van der Waals surface area contributed by atoms with E-state index in [4.69, 9.17) is 4.42 Å². The van der Waals surface area contributed by atoms with E-state index in [1.54, 1.807) is 11.1 Å². The number of rotatable bonds is 4. The summed E-state index contributed by atoms with van der Waals surface area (Å²) in [6, 6.07) is 53.7. The lowest BCUT2D eigenvalue weighted by Gasteiger charge is -2.24. The molecule has 3 heteroatoms. The lowest BCUT2D eigenvalue weighted by Crippen LogP contribution is -2.07. The fourth-order valence-electron chi connectivity index (χ4n) is 10.3. The Bertz CT molecular complexity index is 3620. The fourth-order valence-corrected chi connectivity index (χ4v) is 10.3. The van der Waals surface area contributed by atoms with Gasteiger partial charge in [0.15, 0.2) is 0 Å². The molecule has 0 atom stereocenters. The SMILES string of the molecule is C1=Cc2c(c3c(c4cc(-n5c6ccccc6c6cc(-c7ccc8c(c7)c7ccccc7n8-c7ccc8oc9ccccc9c8c7)ccc65)ccc24)C=CCC3)CC1.CCCC. The molecule has 0 saturated carbocycles. The van der Waals surface area contributed by atoms with Gasteiger partial charge in [-0.25, -0.2) is 0 Å². The van der Waals surface area contributed by atoms with Crippen LogP contribution in [0.1, 0.15) is 61.8 Å². The molecule has 61 heavy (non-hydrogen) atoms. The topological polar surface area (TPSA) is 23.0 Å². The van der Waals surface area contributed by atoms with Crippen LogP contribution in [0.4, 0.5) is 0 Å². The van der Waals surface area contributed by atoms with Gasteiger partial charge in [0, 0.05) is 43.7 Å². The molecule has 3 heterocycles. The van der Waals surface area contributed by atoms with Gasteiger partial charge < -0.3 is 13.6 Å². The van der Waals surface area contributed by atoms with Crippen LogP contribution in [0.25, 0.3) is 111 Å². The zero-order valence-corrected chi connectivity index (χ0v) is 34.7. The first-order valence-corrected chi connectivity index (χ1v) is 22.1. The molecule has 0 saturated heterocycles. The molecule has 0 unspecified atom stereocenters. The summed E-state index contributed by atoms with van der Waals surface area (Å²) in [6.07, 6.45) is 16.6. The molecule has 2 aliphatic rings. The van der Waals surface area contributed by atoms with Crippen LogP contribution in [-0.4, -0.2) is 9.13 Å². The Labute approximate surface area is 355 Å². The van der Waals surface area contributed by atoms with Gasteiger partial charge >= 0.3 is 0 Å². The van der Waals surface area contributed by atoms with E-state index in [1.165, 1.54) is 95.2 Å². The van der Waals surface area contributed by atoms with Gasteiger partial charge in [-0.15, -0.1) is 0 Å². The Kier molecular flexibility index (Phi) is 8.38. The Morgan fingerprint density at radius 1 is 0.410 bits per heavy atom. The van der Waals surface area contributed by atoms with Gasteiger partial charge in [-0.3, -0.25) is 0 Å². The van der Waals surface area contributed by atoms with Crippen LogP contribution in [0.3, 0.4) is 0 Å². The lowest BCUT2D eigenvalue weighted by molar-refractivity contribution is 0.669. The second-order valence-corrected chi connectivity index (χ2v) is 16.8. The van der Waals surface area contributed by atoms with Crippen molar-refractivity contribution in [2.75, 3.05) is 0 Å². The highest BCUT2D eigenvalue weighted by molar-refractivity contribution is 6.14. The summed E-state index contributed by atoms with van der Waals surface area (Å²) >= 11 is 0. The van der Waals surface area contributed by atoms with Gasteiger partial charge in [0.2, 0.25) is 0 Å². The molecule has 0 fully saturated rings. The predicted molar refractivity (Wildman–Crippen MR) is 261 cm³/mol. The summed E-state index contributed by atoms with van der Waals surface area (Å²) in [7, 11) is 0. The van der Waals surface area contributed by atoms with E-state index in [-0.39, 0.29) is 0 Å². The third-order valence-electron chi connectivity index (χ3n) is 13.3. The van der Waals surface area contributed by atoms with Crippen molar-refractivity contribution in [3.63, 3.8) is 0 Å². The fraction of sp³-hybridized carbons (Fsp3) is 0.138. The monoisotopic (exact) mass is 786 g/mol. The molecule has 294 valence electrons. The van der Waals surface area contributed by atoms with Gasteiger partial charge in [0.25, 0.3) is 0 Å². The molecule has 0 spiro atoms. The zero-order valence-electron chi connectivity index (χ0n) is 34.7. The number of furan rings is 1. The van der Waals surface area contributed by atoms with Crippen molar-refractivity contribution >= 4 is 88.5 Å². The molecule has 0 N–H and O–H groups in total. The summed E-state index contributed by atoms with van der Waals surface area (Å²) in [6.45, 7) is 4.36. The zero-order chi connectivity index (χ0) is 40.6. The molecule has 0 amide bonds. The number of benzene rings is 8. The Morgan fingerprint density at radius 2 is 0.902 bits per heavy atom. The molecule has 8 aromatic carbocycles. The molecular formula is C58H46N2O. The first-order chi connectivity index (χ1) is 30.2. The number of allylic oxidation sites excluding steroid dienone is 2. The first-order valence-electron chi connectivity index (χ1n) is 22.1. The molecule has 3 aromatic heterocycles. The first kappa shape index (κ1) is 35.8. The van der Waals surface area contributed by atoms with Gasteiger partial charge in [-0.05, 0) is 143 Å². The number of unbranched alkanes of at least 4 members (excludes halogenated alkanes) is 1. The van der Waals surface area contributed by atoms with Crippen LogP contribution >= 0.6 is 0 Å². The Morgan fingerprint density at radius 3 is 1.51 bits per heavy atom. The van der Waals surface area contributed by atoms with Crippen LogP contribution in [0, 0.1) is 0 Å². The number of para-hydroxylation sites is 3. The number of nitrogens with zero attached hydrogens (tertiary/aromatic N) is 2. The number of hydrogen-bond acceptors (Lipinski definition) is 1. The minimum atomic E-state index is 0.910. The maximum atomic E-state index is 6.19. The molecule has 3 nitrogen and oxygen atoms in total. The van der Waals surface area contributed by atoms with Crippen LogP contribution in [0.5, 0.6) is 0 Å². The largest absolute Gasteiger partial charge is 0.456 e. The van der Waals surface area contributed by atoms with E-state index in [2.05, 4.69) is 181 Å². The molecular weight excluding hydrogens is 741 g/mol. The minimum absolute atomic E-state index is 0.910. The van der Waals surface area contributed by atoms with E-state index in [0.29, 0.717) is 0 Å². The summed E-state index contributed by atoms with van der Waals surface area (Å²) in [5.74, 6) is 0. The van der Waals surface area contributed by atoms with Crippen LogP contribution in [0.15, 0.2) is 162 Å². The molecule has 0 bridgehead atoms. The normalized spacial score (nSPS) is 13.5. The summed E-state index contributed by atoms with van der Waals surface area (Å²) in [5.41, 5.74) is 17.4. The average Bonchev–Trinajstić information content (AvgIpc) is 3.98. The Hall–Kier alpha value is -7.10. The lowest BCUT2D eigenvalue weighted by atomic mass is 9.81. The van der Waals surface area contributed by atoms with E-state index >= 15 is 0 Å². The maximum absolute atomic E-state index is 6.19. The van der Waals surface area contributed by atoms with Crippen molar-refractivity contribution < 1.29 is 4.42 Å². The molecule has 0 radical (unpaired) electrons. The van der Waals surface area contributed by atoms with Crippen LogP contribution in [0.2, 0.25) is 0 Å². The average molecular weight is 787 g/mol. The van der Waals surface area contributed by atoms with Crippen molar-refractivity contribution in [2.24, 2.45) is 0 Å². The van der Waals surface area contributed by atoms with Crippen molar-refractivity contribution in [3.8, 4) is 22.5 Å². The highest BCUT2D eigenvalue weighted by Crippen LogP contribution is 2.42. The van der Waals surface area contributed by atoms with Gasteiger partial charge in [0.1, 0.15) is 11.2 Å². The molecule has 0 aliphatic heterocycles. The third-order valence-corrected chi connectivity index (χ3v) is 13.3. The highest BCUT2D eigenvalue weighted by Gasteiger charge is 2.22. The quantitative estimate of drug-likeness (QED) is 0.174. The van der Waals surface area contributed by atoms with Gasteiger partial charge in [0.05, 0.1) is 22.1 Å². The van der Waals surface area contributed by atoms with E-state index in [1.807, 2.05) is 12.1 Å². The molecule has 2 aliphatic carbocycles. The van der Waals surface area contributed by atoms with Crippen molar-refractivity contribution in [3.05, 3.63) is 180 Å². The smallest absolute Gasteiger partial charge is 0.135 e. The van der Waals surface area contributed by atoms with Crippen molar-refractivity contribution in [2.45, 2.75) is 52.4 Å². The number of hydrogen-bond donors (Lipinski definition) is 0. The van der Waals surface area contributed by atoms with Crippen molar-refractivity contribution in [1.29, 1.82) is 0 Å². The summed E-state index contributed by atoms with van der Waals surface area (Å²) in [4.78, 5) is 0. The van der Waals surface area contributed by atoms with Gasteiger partial charge in [-0.1, -0.05) is 124 Å². The number of fused-ring (bicyclic) bond motifs is 15. The molecule has 13 rings (SSSR count). The second kappa shape index (κ2) is 14.3. The van der Waals surface area contributed by atoms with Gasteiger partial charge in [-0.2, -0.15) is 0 Å². The third kappa shape index (κ3) is 5.57. The number of aromatic nitrogens is 2. The predicted octanol–water partition coefficient (Wildman–Crippen LogP) is 16.3. The summed E-state index contributed by atoms with van der Waals surface area (Å²) < 4.78 is 11.1. The van der Waals surface area contributed by atoms with E-state index in [0.717, 1.165) is 53.3 Å². The summed E-state index contributed by atoms with van der Waals surface area (Å²) in [5, 5.41) is 10.0. The van der Waals surface area contributed by atoms with E-state index in [9.17, 15) is 0 Å². The van der Waals surface area contributed by atoms with Crippen molar-refractivity contribution in [1.82, 2.24) is 9.13 Å². The Balaban J connectivity index is 0.000000958. The standard InChI is InChI=1S/C54H36N2O.C4H10/c1-2-13-39-37(11-1)38-12-3-4-14-40(38)45-31-35(23-25-41(39)45)55-49-18-8-5-15-42(49)46-29-33(21-26-51(46)55)34-22-27-52-47(30-34)43-16-6-9-19-50(43)56(52)36-24-28-54-48(32-36)44-17-7-10-20-53(44)57-54;1-3-4-2/h2,4-10,13-32H,1,3,11-12H2;3-4H2,1-2H3. The minimum Gasteiger partial charge on any atom is -0.456 e. The maximum Gasteiger partial charge on any atom is 0.135 e. The second-order valence-electron chi connectivity index (χ2n) is 16.8. The molecule has 11 aromatic rings. The highest BCUT2D eigenvalue weighted by atomic mass is 16.3. The van der Waals surface area contributed by atoms with E-state index < -0.39 is 0 Å². The van der Waals surface area contributed by atoms with Crippen LogP contribution < -0.4 is 0 Å².